The van der Waals surface area contributed by atoms with E-state index in [-0.39, 0.29) is 5.82 Å². The van der Waals surface area contributed by atoms with E-state index < -0.39 is 5.97 Å². The standard InChI is InChI=1S/C4H8N2O2/c1-8-4(7)2-3(5)6/h2H,5-6H2,1H3/p+1. The van der Waals surface area contributed by atoms with Crippen molar-refractivity contribution in [1.29, 1.82) is 0 Å². The summed E-state index contributed by atoms with van der Waals surface area (Å²) >= 11 is 0. The summed E-state index contributed by atoms with van der Waals surface area (Å²) in [5.74, 6) is -0.269. The first kappa shape index (κ1) is 6.97. The van der Waals surface area contributed by atoms with Crippen LogP contribution in [0.1, 0.15) is 0 Å². The Labute approximate surface area is 47.1 Å². The molecule has 8 heavy (non-hydrogen) atoms. The first-order valence-electron chi connectivity index (χ1n) is 2.04. The SMILES string of the molecule is COC(=O)/C=C(\N)[NH3+]. The van der Waals surface area contributed by atoms with Crippen molar-refractivity contribution in [1.82, 2.24) is 0 Å². The van der Waals surface area contributed by atoms with Crippen molar-refractivity contribution in [3.8, 4) is 0 Å². The van der Waals surface area contributed by atoms with E-state index in [4.69, 9.17) is 5.73 Å². The number of nitrogens with two attached hydrogens (primary N) is 1. The maximum Gasteiger partial charge on any atom is 0.338 e. The van der Waals surface area contributed by atoms with Crippen molar-refractivity contribution in [2.75, 3.05) is 7.11 Å². The molecule has 0 bridgehead atoms. The molecule has 0 amide bonds. The highest BCUT2D eigenvalue weighted by Crippen LogP contribution is 1.73. The Balaban J connectivity index is 3.70. The van der Waals surface area contributed by atoms with Gasteiger partial charge in [0.25, 0.3) is 0 Å². The van der Waals surface area contributed by atoms with Crippen LogP contribution in [0.4, 0.5) is 0 Å². The van der Waals surface area contributed by atoms with Crippen molar-refractivity contribution in [2.45, 2.75) is 0 Å². The smallest absolute Gasteiger partial charge is 0.338 e. The van der Waals surface area contributed by atoms with Gasteiger partial charge in [0.1, 0.15) is 6.08 Å². The topological polar surface area (TPSA) is 80.0 Å². The van der Waals surface area contributed by atoms with Crippen LogP contribution in [0.3, 0.4) is 0 Å². The highest BCUT2D eigenvalue weighted by molar-refractivity contribution is 5.81. The Morgan fingerprint density at radius 2 is 2.38 bits per heavy atom. The van der Waals surface area contributed by atoms with Gasteiger partial charge in [-0.3, -0.25) is 0 Å². The molecule has 0 aromatic heterocycles. The highest BCUT2D eigenvalue weighted by Gasteiger charge is 1.93. The number of carbonyl (C=O) groups excluding carboxylic acids is 1. The van der Waals surface area contributed by atoms with Crippen LogP contribution in [-0.4, -0.2) is 13.1 Å². The van der Waals surface area contributed by atoms with Gasteiger partial charge in [-0.15, -0.1) is 0 Å². The van der Waals surface area contributed by atoms with E-state index in [0.29, 0.717) is 0 Å². The summed E-state index contributed by atoms with van der Waals surface area (Å²) in [5, 5.41) is 0. The van der Waals surface area contributed by atoms with Crippen molar-refractivity contribution < 1.29 is 15.3 Å². The normalized spacial score (nSPS) is 11.0. The lowest BCUT2D eigenvalue weighted by Gasteiger charge is -1.86. The summed E-state index contributed by atoms with van der Waals surface area (Å²) in [5.41, 5.74) is 8.28. The minimum absolute atomic E-state index is 0.205. The summed E-state index contributed by atoms with van der Waals surface area (Å²) in [7, 11) is 1.28. The molecule has 0 heterocycles. The number of rotatable bonds is 1. The first-order chi connectivity index (χ1) is 3.66. The zero-order chi connectivity index (χ0) is 6.57. The van der Waals surface area contributed by atoms with Crippen LogP contribution in [0.5, 0.6) is 0 Å². The number of hydrogen-bond donors (Lipinski definition) is 2. The Morgan fingerprint density at radius 3 is 2.50 bits per heavy atom. The second-order valence-corrected chi connectivity index (χ2v) is 1.24. The van der Waals surface area contributed by atoms with Gasteiger partial charge in [0.05, 0.1) is 7.11 Å². The molecule has 0 saturated carbocycles. The number of hydrogen-bond acceptors (Lipinski definition) is 3. The molecule has 0 aromatic rings. The summed E-state index contributed by atoms with van der Waals surface area (Å²) in [4.78, 5) is 10.2. The van der Waals surface area contributed by atoms with Crippen LogP contribution in [-0.2, 0) is 9.53 Å². The lowest BCUT2D eigenvalue weighted by atomic mass is 10.6. The number of ether oxygens (including phenoxy) is 1. The molecule has 0 rings (SSSR count). The second-order valence-electron chi connectivity index (χ2n) is 1.24. The van der Waals surface area contributed by atoms with Crippen molar-refractivity contribution in [2.24, 2.45) is 5.73 Å². The Kier molecular flexibility index (Phi) is 2.64. The summed E-state index contributed by atoms with van der Waals surface area (Å²) in [6.45, 7) is 0. The van der Waals surface area contributed by atoms with Gasteiger partial charge in [-0.05, 0) is 0 Å². The minimum Gasteiger partial charge on any atom is -0.466 e. The zero-order valence-corrected chi connectivity index (χ0v) is 4.68. The number of quaternary nitrogens is 1. The molecule has 0 aliphatic heterocycles. The van der Waals surface area contributed by atoms with Crippen LogP contribution < -0.4 is 11.5 Å². The highest BCUT2D eigenvalue weighted by atomic mass is 16.5. The first-order valence-corrected chi connectivity index (χ1v) is 2.04. The Morgan fingerprint density at radius 1 is 1.88 bits per heavy atom. The predicted octanol–water partition coefficient (Wildman–Crippen LogP) is -1.80. The van der Waals surface area contributed by atoms with Gasteiger partial charge in [0.15, 0.2) is 0 Å². The van der Waals surface area contributed by atoms with Crippen molar-refractivity contribution in [3.63, 3.8) is 0 Å². The third-order valence-corrected chi connectivity index (χ3v) is 0.504. The van der Waals surface area contributed by atoms with E-state index in [2.05, 4.69) is 10.5 Å². The van der Waals surface area contributed by atoms with Crippen LogP contribution in [0, 0.1) is 0 Å². The van der Waals surface area contributed by atoms with E-state index in [9.17, 15) is 4.79 Å². The van der Waals surface area contributed by atoms with Crippen LogP contribution in [0.15, 0.2) is 11.9 Å². The summed E-state index contributed by atoms with van der Waals surface area (Å²) < 4.78 is 4.23. The lowest BCUT2D eigenvalue weighted by molar-refractivity contribution is -0.304. The third-order valence-electron chi connectivity index (χ3n) is 0.504. The van der Waals surface area contributed by atoms with Crippen LogP contribution >= 0.6 is 0 Å². The fourth-order valence-corrected chi connectivity index (χ4v) is 0.210. The summed E-state index contributed by atoms with van der Waals surface area (Å²) in [6.07, 6.45) is 1.11. The van der Waals surface area contributed by atoms with Crippen molar-refractivity contribution >= 4 is 5.97 Å². The number of methoxy groups -OCH3 is 1. The molecule has 0 unspecified atom stereocenters. The van der Waals surface area contributed by atoms with Gasteiger partial charge in [-0.2, -0.15) is 0 Å². The van der Waals surface area contributed by atoms with Gasteiger partial charge in [0, 0.05) is 0 Å². The summed E-state index contributed by atoms with van der Waals surface area (Å²) in [6, 6.07) is 0. The van der Waals surface area contributed by atoms with Gasteiger partial charge in [0.2, 0.25) is 5.82 Å². The molecule has 0 aliphatic carbocycles. The fraction of sp³-hybridized carbons (Fsp3) is 0.250. The average molecular weight is 117 g/mol. The quantitative estimate of drug-likeness (QED) is 0.314. The van der Waals surface area contributed by atoms with E-state index in [1.54, 1.807) is 0 Å². The van der Waals surface area contributed by atoms with Gasteiger partial charge >= 0.3 is 5.97 Å². The molecule has 0 saturated heterocycles. The predicted molar refractivity (Wildman–Crippen MR) is 27.2 cm³/mol. The maximum absolute atomic E-state index is 10.2. The van der Waals surface area contributed by atoms with E-state index in [1.165, 1.54) is 7.11 Å². The molecule has 0 radical (unpaired) electrons. The molecule has 0 fully saturated rings. The van der Waals surface area contributed by atoms with Gasteiger partial charge in [-0.25, -0.2) is 4.79 Å². The molecule has 5 N–H and O–H groups in total. The monoisotopic (exact) mass is 117 g/mol. The lowest BCUT2D eigenvalue weighted by Crippen LogP contribution is -2.52. The molecule has 4 nitrogen and oxygen atoms in total. The molecular formula is C4H9N2O2+. The van der Waals surface area contributed by atoms with Crippen LogP contribution in [0.2, 0.25) is 0 Å². The van der Waals surface area contributed by atoms with Crippen molar-refractivity contribution in [3.05, 3.63) is 11.9 Å². The number of carbonyl (C=O) groups is 1. The van der Waals surface area contributed by atoms with E-state index in [1.807, 2.05) is 0 Å². The molecule has 4 heteroatoms. The van der Waals surface area contributed by atoms with Gasteiger partial charge in [-0.1, -0.05) is 0 Å². The maximum atomic E-state index is 10.2. The largest absolute Gasteiger partial charge is 0.466 e. The average Bonchev–Trinajstić information content (AvgIpc) is 1.65. The molecular weight excluding hydrogens is 108 g/mol. The molecule has 0 spiro atoms. The zero-order valence-electron chi connectivity index (χ0n) is 4.68. The Bertz CT molecular complexity index is 115. The third kappa shape index (κ3) is 3.17. The Hall–Kier alpha value is -1.03. The molecule has 0 atom stereocenters. The van der Waals surface area contributed by atoms with E-state index in [0.717, 1.165) is 6.08 Å². The molecule has 46 valence electrons. The minimum atomic E-state index is -0.475. The number of esters is 1. The van der Waals surface area contributed by atoms with Crippen LogP contribution in [0.25, 0.3) is 0 Å². The fourth-order valence-electron chi connectivity index (χ4n) is 0.210. The molecule has 0 aromatic carbocycles. The van der Waals surface area contributed by atoms with Gasteiger partial charge < -0.3 is 16.2 Å². The van der Waals surface area contributed by atoms with E-state index >= 15 is 0 Å². The molecule has 0 aliphatic rings. The second kappa shape index (κ2) is 3.04.